The molecule has 4 rings (SSSR count). The zero-order valence-corrected chi connectivity index (χ0v) is 16.0. The third kappa shape index (κ3) is 2.94. The first-order valence-corrected chi connectivity index (χ1v) is 9.02. The molecule has 1 amide bonds. The summed E-state index contributed by atoms with van der Waals surface area (Å²) in [5.41, 5.74) is 11.5. The first-order valence-electron chi connectivity index (χ1n) is 9.02. The predicted octanol–water partition coefficient (Wildman–Crippen LogP) is 2.77. The van der Waals surface area contributed by atoms with Gasteiger partial charge < -0.3 is 15.8 Å². The number of benzene rings is 1. The molecule has 3 aromatic rings. The molecule has 2 aromatic heterocycles. The van der Waals surface area contributed by atoms with Crippen LogP contribution in [0.15, 0.2) is 36.5 Å². The molecule has 0 saturated carbocycles. The molecule has 0 aliphatic carbocycles. The molecule has 0 saturated heterocycles. The van der Waals surface area contributed by atoms with Gasteiger partial charge in [0, 0.05) is 18.2 Å². The maximum absolute atomic E-state index is 12.8. The van der Waals surface area contributed by atoms with Crippen LogP contribution < -0.4 is 15.8 Å². The Morgan fingerprint density at radius 3 is 2.71 bits per heavy atom. The Kier molecular flexibility index (Phi) is 4.43. The van der Waals surface area contributed by atoms with Crippen LogP contribution in [-0.2, 0) is 6.42 Å². The van der Waals surface area contributed by atoms with E-state index in [-0.39, 0.29) is 17.9 Å². The number of nitrogens with one attached hydrogen (secondary N) is 1. The summed E-state index contributed by atoms with van der Waals surface area (Å²) in [5, 5.41) is 3.12. The van der Waals surface area contributed by atoms with Gasteiger partial charge in [0.1, 0.15) is 0 Å². The van der Waals surface area contributed by atoms with Gasteiger partial charge in [0.15, 0.2) is 0 Å². The summed E-state index contributed by atoms with van der Waals surface area (Å²) < 4.78 is 5.46. The summed E-state index contributed by atoms with van der Waals surface area (Å²) >= 11 is 0. The monoisotopic (exact) mass is 375 g/mol. The van der Waals surface area contributed by atoms with Crippen molar-refractivity contribution in [3.8, 4) is 17.0 Å². The van der Waals surface area contributed by atoms with Crippen LogP contribution in [0.2, 0.25) is 0 Å². The van der Waals surface area contributed by atoms with Crippen molar-refractivity contribution in [1.82, 2.24) is 20.3 Å². The van der Waals surface area contributed by atoms with E-state index in [1.165, 1.54) is 0 Å². The van der Waals surface area contributed by atoms with Crippen LogP contribution in [-0.4, -0.2) is 28.0 Å². The average molecular weight is 375 g/mol. The van der Waals surface area contributed by atoms with Crippen LogP contribution in [0.25, 0.3) is 11.1 Å². The van der Waals surface area contributed by atoms with Gasteiger partial charge >= 0.3 is 0 Å². The van der Waals surface area contributed by atoms with Crippen molar-refractivity contribution in [2.45, 2.75) is 26.3 Å². The molecular formula is C21H21N5O2. The number of hydrogen-bond acceptors (Lipinski definition) is 6. The molecule has 1 aliphatic heterocycles. The van der Waals surface area contributed by atoms with Gasteiger partial charge in [-0.05, 0) is 42.7 Å². The lowest BCUT2D eigenvalue weighted by Crippen LogP contribution is -2.37. The SMILES string of the molecule is COc1ncccc1-c1cccc(C)c1C1Cc2nc(N)nc(C)c2C(=O)N1. The number of fused-ring (bicyclic) bond motifs is 1. The lowest BCUT2D eigenvalue weighted by molar-refractivity contribution is 0.0922. The Balaban J connectivity index is 1.86. The minimum atomic E-state index is -0.241. The quantitative estimate of drug-likeness (QED) is 0.730. The fraction of sp³-hybridized carbons (Fsp3) is 0.238. The van der Waals surface area contributed by atoms with Crippen molar-refractivity contribution in [3.63, 3.8) is 0 Å². The van der Waals surface area contributed by atoms with E-state index in [0.717, 1.165) is 22.3 Å². The molecule has 1 unspecified atom stereocenters. The minimum Gasteiger partial charge on any atom is -0.481 e. The third-order valence-corrected chi connectivity index (χ3v) is 5.04. The molecule has 0 spiro atoms. The number of anilines is 1. The largest absolute Gasteiger partial charge is 0.481 e. The number of methoxy groups -OCH3 is 1. The van der Waals surface area contributed by atoms with Gasteiger partial charge in [0.25, 0.3) is 5.91 Å². The van der Waals surface area contributed by atoms with Gasteiger partial charge in [-0.2, -0.15) is 0 Å². The number of pyridine rings is 1. The van der Waals surface area contributed by atoms with Gasteiger partial charge in [-0.1, -0.05) is 18.2 Å². The van der Waals surface area contributed by atoms with E-state index in [9.17, 15) is 4.79 Å². The van der Waals surface area contributed by atoms with Crippen LogP contribution in [0.4, 0.5) is 5.95 Å². The number of amides is 1. The molecule has 1 atom stereocenters. The Labute approximate surface area is 163 Å². The molecular weight excluding hydrogens is 354 g/mol. The summed E-state index contributed by atoms with van der Waals surface area (Å²) in [5.74, 6) is 0.541. The standard InChI is InChI=1S/C21H21N5O2/c1-11-6-4-7-13(14-8-5-9-23-20(14)28-3)17(11)15-10-16-18(19(27)25-15)12(2)24-21(22)26-16/h4-9,15H,10H2,1-3H3,(H,25,27)(H2,22,24,26). The maximum atomic E-state index is 12.8. The molecule has 0 bridgehead atoms. The Bertz CT molecular complexity index is 1080. The zero-order valence-electron chi connectivity index (χ0n) is 16.0. The molecule has 1 aliphatic rings. The van der Waals surface area contributed by atoms with E-state index in [1.807, 2.05) is 37.3 Å². The molecule has 3 heterocycles. The third-order valence-electron chi connectivity index (χ3n) is 5.04. The van der Waals surface area contributed by atoms with Crippen LogP contribution in [0.3, 0.4) is 0 Å². The fourth-order valence-electron chi connectivity index (χ4n) is 3.88. The van der Waals surface area contributed by atoms with Crippen LogP contribution in [0.1, 0.15) is 38.9 Å². The second kappa shape index (κ2) is 6.92. The van der Waals surface area contributed by atoms with E-state index in [2.05, 4.69) is 20.3 Å². The van der Waals surface area contributed by atoms with Crippen molar-refractivity contribution >= 4 is 11.9 Å². The van der Waals surface area contributed by atoms with Crippen molar-refractivity contribution in [2.75, 3.05) is 12.8 Å². The predicted molar refractivity (Wildman–Crippen MR) is 106 cm³/mol. The van der Waals surface area contributed by atoms with E-state index in [1.54, 1.807) is 20.2 Å². The number of nitrogens with zero attached hydrogens (tertiary/aromatic N) is 3. The summed E-state index contributed by atoms with van der Waals surface area (Å²) in [6.45, 7) is 3.80. The molecule has 28 heavy (non-hydrogen) atoms. The number of hydrogen-bond donors (Lipinski definition) is 2. The number of carbonyl (C=O) groups excluding carboxylic acids is 1. The highest BCUT2D eigenvalue weighted by molar-refractivity contribution is 5.98. The number of nitrogen functional groups attached to an aromatic ring is 1. The number of nitrogens with two attached hydrogens (primary N) is 1. The molecule has 3 N–H and O–H groups in total. The maximum Gasteiger partial charge on any atom is 0.255 e. The number of ether oxygens (including phenoxy) is 1. The minimum absolute atomic E-state index is 0.184. The molecule has 7 heteroatoms. The van der Waals surface area contributed by atoms with Gasteiger partial charge in [-0.25, -0.2) is 15.0 Å². The van der Waals surface area contributed by atoms with Crippen molar-refractivity contribution < 1.29 is 9.53 Å². The molecule has 142 valence electrons. The lowest BCUT2D eigenvalue weighted by Gasteiger charge is -2.29. The summed E-state index contributed by atoms with van der Waals surface area (Å²) in [7, 11) is 1.60. The Hall–Kier alpha value is -3.48. The van der Waals surface area contributed by atoms with Crippen LogP contribution in [0.5, 0.6) is 5.88 Å². The van der Waals surface area contributed by atoms with Gasteiger partial charge in [-0.15, -0.1) is 0 Å². The van der Waals surface area contributed by atoms with E-state index in [4.69, 9.17) is 10.5 Å². The van der Waals surface area contributed by atoms with Crippen LogP contribution >= 0.6 is 0 Å². The normalized spacial score (nSPS) is 15.7. The number of aryl methyl sites for hydroxylation is 2. The fourth-order valence-corrected chi connectivity index (χ4v) is 3.88. The average Bonchev–Trinajstić information content (AvgIpc) is 2.66. The molecule has 0 fully saturated rings. The molecule has 0 radical (unpaired) electrons. The second-order valence-electron chi connectivity index (χ2n) is 6.82. The van der Waals surface area contributed by atoms with E-state index >= 15 is 0 Å². The van der Waals surface area contributed by atoms with Crippen LogP contribution in [0, 0.1) is 13.8 Å². The topological polar surface area (TPSA) is 103 Å². The smallest absolute Gasteiger partial charge is 0.255 e. The summed E-state index contributed by atoms with van der Waals surface area (Å²) in [4.78, 5) is 25.6. The summed E-state index contributed by atoms with van der Waals surface area (Å²) in [6.07, 6.45) is 2.23. The van der Waals surface area contributed by atoms with Gasteiger partial charge in [0.2, 0.25) is 11.8 Å². The van der Waals surface area contributed by atoms with E-state index in [0.29, 0.717) is 29.3 Å². The molecule has 7 nitrogen and oxygen atoms in total. The first-order chi connectivity index (χ1) is 13.5. The zero-order chi connectivity index (χ0) is 19.8. The van der Waals surface area contributed by atoms with Crippen molar-refractivity contribution in [1.29, 1.82) is 0 Å². The Morgan fingerprint density at radius 1 is 1.14 bits per heavy atom. The van der Waals surface area contributed by atoms with Gasteiger partial charge in [0.05, 0.1) is 30.1 Å². The highest BCUT2D eigenvalue weighted by Gasteiger charge is 2.31. The number of carbonyl (C=O) groups is 1. The van der Waals surface area contributed by atoms with E-state index < -0.39 is 0 Å². The van der Waals surface area contributed by atoms with Crippen molar-refractivity contribution in [2.24, 2.45) is 0 Å². The highest BCUT2D eigenvalue weighted by Crippen LogP contribution is 2.38. The second-order valence-corrected chi connectivity index (χ2v) is 6.82. The first kappa shape index (κ1) is 17.9. The number of rotatable bonds is 3. The number of aromatic nitrogens is 3. The van der Waals surface area contributed by atoms with Crippen molar-refractivity contribution in [3.05, 3.63) is 64.6 Å². The Morgan fingerprint density at radius 2 is 1.93 bits per heavy atom. The molecule has 1 aromatic carbocycles. The highest BCUT2D eigenvalue weighted by atomic mass is 16.5. The lowest BCUT2D eigenvalue weighted by atomic mass is 9.86. The summed E-state index contributed by atoms with van der Waals surface area (Å²) in [6, 6.07) is 9.63. The van der Waals surface area contributed by atoms with Gasteiger partial charge in [-0.3, -0.25) is 4.79 Å².